The first-order chi connectivity index (χ1) is 13.1. The van der Waals surface area contributed by atoms with E-state index in [4.69, 9.17) is 18.9 Å². The number of ether oxygens (including phenoxy) is 4. The Morgan fingerprint density at radius 2 is 0.862 bits per heavy atom. The van der Waals surface area contributed by atoms with Gasteiger partial charge in [0.2, 0.25) is 34.6 Å². The van der Waals surface area contributed by atoms with Gasteiger partial charge in [-0.1, -0.05) is 7.43 Å². The molecule has 0 fully saturated rings. The summed E-state index contributed by atoms with van der Waals surface area (Å²) in [6, 6.07) is 0. The van der Waals surface area contributed by atoms with E-state index in [0.29, 0.717) is 22.3 Å². The lowest BCUT2D eigenvalue weighted by Crippen LogP contribution is -2.23. The highest BCUT2D eigenvalue weighted by atomic mass is 16.5. The van der Waals surface area contributed by atoms with Gasteiger partial charge in [0.05, 0.1) is 28.4 Å². The zero-order chi connectivity index (χ0) is 21.8. The fourth-order valence-corrected chi connectivity index (χ4v) is 2.55. The Bertz CT molecular complexity index is 793. The van der Waals surface area contributed by atoms with Crippen molar-refractivity contribution in [2.45, 2.75) is 35.1 Å². The van der Waals surface area contributed by atoms with Crippen LogP contribution in [0.1, 0.15) is 32.4 Å². The Balaban J connectivity index is 0.000000523. The lowest BCUT2D eigenvalue weighted by atomic mass is 9.94. The van der Waals surface area contributed by atoms with Gasteiger partial charge in [-0.2, -0.15) is 0 Å². The molecular formula is C21H30O8. The summed E-state index contributed by atoms with van der Waals surface area (Å²) < 4.78 is 19.6. The van der Waals surface area contributed by atoms with E-state index in [-0.39, 0.29) is 53.5 Å². The number of carbonyl (C=O) groups is 2. The van der Waals surface area contributed by atoms with E-state index in [1.165, 1.54) is 28.4 Å². The molecule has 8 nitrogen and oxygen atoms in total. The molecule has 0 aliphatic heterocycles. The summed E-state index contributed by atoms with van der Waals surface area (Å²) in [5, 5.41) is 19.4. The number of allylic oxidation sites excluding steroid dienone is 2. The molecular weight excluding hydrogens is 380 g/mol. The van der Waals surface area contributed by atoms with Crippen LogP contribution in [0.5, 0.6) is 23.0 Å². The second kappa shape index (κ2) is 10.4. The lowest BCUT2D eigenvalue weighted by molar-refractivity contribution is -0.121. The topological polar surface area (TPSA) is 112 Å². The standard InChI is InChI=1S/C10H14O4.C10H12O4.CH4/c2*1-5-6(2)8(12)10(14-4)9(13-3)7(5)11;/h11-12H,1-4H3;1-4H3;1H4. The minimum Gasteiger partial charge on any atom is -0.504 e. The Morgan fingerprint density at radius 1 is 0.586 bits per heavy atom. The second-order valence-electron chi connectivity index (χ2n) is 5.99. The molecule has 0 saturated carbocycles. The number of aromatic hydroxyl groups is 2. The van der Waals surface area contributed by atoms with Crippen molar-refractivity contribution in [2.75, 3.05) is 28.4 Å². The molecule has 0 spiro atoms. The maximum atomic E-state index is 11.6. The average Bonchev–Trinajstić information content (AvgIpc) is 2.70. The van der Waals surface area contributed by atoms with Crippen molar-refractivity contribution in [1.82, 2.24) is 0 Å². The number of hydrogen-bond donors (Lipinski definition) is 2. The fraction of sp³-hybridized carbons (Fsp3) is 0.429. The summed E-state index contributed by atoms with van der Waals surface area (Å²) in [7, 11) is 5.50. The Kier molecular flexibility index (Phi) is 9.27. The molecule has 0 amide bonds. The number of benzene rings is 1. The largest absolute Gasteiger partial charge is 0.504 e. The zero-order valence-corrected chi connectivity index (χ0v) is 17.3. The van der Waals surface area contributed by atoms with Crippen LogP contribution in [-0.2, 0) is 19.1 Å². The molecule has 29 heavy (non-hydrogen) atoms. The van der Waals surface area contributed by atoms with Crippen molar-refractivity contribution in [2.24, 2.45) is 0 Å². The summed E-state index contributed by atoms with van der Waals surface area (Å²) in [4.78, 5) is 23.2. The van der Waals surface area contributed by atoms with Gasteiger partial charge in [-0.25, -0.2) is 0 Å². The molecule has 1 aromatic rings. The van der Waals surface area contributed by atoms with Crippen LogP contribution in [0, 0.1) is 13.8 Å². The second-order valence-corrected chi connectivity index (χ2v) is 5.99. The van der Waals surface area contributed by atoms with Gasteiger partial charge in [-0.15, -0.1) is 0 Å². The maximum absolute atomic E-state index is 11.6. The van der Waals surface area contributed by atoms with Crippen molar-refractivity contribution >= 4 is 11.6 Å². The molecule has 2 N–H and O–H groups in total. The van der Waals surface area contributed by atoms with Crippen LogP contribution in [0.15, 0.2) is 22.7 Å². The Labute approximate surface area is 171 Å². The number of carbonyl (C=O) groups excluding carboxylic acids is 2. The van der Waals surface area contributed by atoms with Crippen molar-refractivity contribution in [3.8, 4) is 23.0 Å². The molecule has 0 saturated heterocycles. The van der Waals surface area contributed by atoms with Crippen LogP contribution >= 0.6 is 0 Å². The van der Waals surface area contributed by atoms with Gasteiger partial charge in [-0.3, -0.25) is 9.59 Å². The highest BCUT2D eigenvalue weighted by Crippen LogP contribution is 2.47. The van der Waals surface area contributed by atoms with Gasteiger partial charge in [0.1, 0.15) is 0 Å². The number of Topliss-reactive ketones (excluding diaryl/α,β-unsaturated/α-hetero) is 2. The molecule has 2 rings (SSSR count). The van der Waals surface area contributed by atoms with E-state index in [2.05, 4.69) is 0 Å². The molecule has 0 unspecified atom stereocenters. The van der Waals surface area contributed by atoms with E-state index in [1.807, 2.05) is 0 Å². The summed E-state index contributed by atoms with van der Waals surface area (Å²) in [5.74, 6) is -0.287. The van der Waals surface area contributed by atoms with E-state index in [1.54, 1.807) is 27.7 Å². The third-order valence-electron chi connectivity index (χ3n) is 4.59. The van der Waals surface area contributed by atoms with Crippen molar-refractivity contribution in [3.05, 3.63) is 33.8 Å². The van der Waals surface area contributed by atoms with Crippen LogP contribution in [0.3, 0.4) is 0 Å². The number of rotatable bonds is 4. The molecule has 0 radical (unpaired) electrons. The molecule has 0 atom stereocenters. The third kappa shape index (κ3) is 4.64. The molecule has 1 aliphatic rings. The van der Waals surface area contributed by atoms with E-state index in [0.717, 1.165) is 0 Å². The van der Waals surface area contributed by atoms with Crippen molar-refractivity contribution in [3.63, 3.8) is 0 Å². The molecule has 0 bridgehead atoms. The average molecular weight is 410 g/mol. The fourth-order valence-electron chi connectivity index (χ4n) is 2.55. The summed E-state index contributed by atoms with van der Waals surface area (Å²) in [6.45, 7) is 6.60. The summed E-state index contributed by atoms with van der Waals surface area (Å²) >= 11 is 0. The monoisotopic (exact) mass is 410 g/mol. The van der Waals surface area contributed by atoms with Crippen LogP contribution in [0.2, 0.25) is 0 Å². The van der Waals surface area contributed by atoms with Gasteiger partial charge in [0, 0.05) is 22.3 Å². The predicted octanol–water partition coefficient (Wildman–Crippen LogP) is 3.35. The molecule has 0 aromatic heterocycles. The first-order valence-corrected chi connectivity index (χ1v) is 8.30. The lowest BCUT2D eigenvalue weighted by Gasteiger charge is -2.17. The van der Waals surface area contributed by atoms with E-state index < -0.39 is 0 Å². The van der Waals surface area contributed by atoms with E-state index >= 15 is 0 Å². The predicted molar refractivity (Wildman–Crippen MR) is 109 cm³/mol. The van der Waals surface area contributed by atoms with Crippen LogP contribution in [0.25, 0.3) is 0 Å². The minimum atomic E-state index is -0.290. The summed E-state index contributed by atoms with van der Waals surface area (Å²) in [6.07, 6.45) is 0. The van der Waals surface area contributed by atoms with Crippen LogP contribution < -0.4 is 9.47 Å². The first kappa shape index (κ1) is 25.8. The quantitative estimate of drug-likeness (QED) is 0.574. The number of ketones is 2. The number of phenols is 2. The van der Waals surface area contributed by atoms with E-state index in [9.17, 15) is 19.8 Å². The minimum absolute atomic E-state index is 0. The number of hydrogen-bond acceptors (Lipinski definition) is 8. The zero-order valence-electron chi connectivity index (χ0n) is 17.3. The normalized spacial score (nSPS) is 13.4. The van der Waals surface area contributed by atoms with Gasteiger partial charge in [0.25, 0.3) is 0 Å². The molecule has 162 valence electrons. The highest BCUT2D eigenvalue weighted by molar-refractivity contribution is 6.23. The smallest absolute Gasteiger partial charge is 0.227 e. The van der Waals surface area contributed by atoms with Gasteiger partial charge in [-0.05, 0) is 27.7 Å². The number of phenolic OH excluding ortho intramolecular Hbond substituents is 2. The van der Waals surface area contributed by atoms with Crippen LogP contribution in [0.4, 0.5) is 0 Å². The molecule has 1 aromatic carbocycles. The van der Waals surface area contributed by atoms with Gasteiger partial charge >= 0.3 is 0 Å². The number of methoxy groups -OCH3 is 4. The summed E-state index contributed by atoms with van der Waals surface area (Å²) in [5.41, 5.74) is 1.99. The van der Waals surface area contributed by atoms with Crippen molar-refractivity contribution in [1.29, 1.82) is 0 Å². The van der Waals surface area contributed by atoms with Crippen molar-refractivity contribution < 1.29 is 38.7 Å². The molecule has 1 aliphatic carbocycles. The SMILES string of the molecule is C.COC1=C(OC)C(=O)C(C)=C(C)C1=O.COc1c(O)c(C)c(C)c(O)c1OC. The third-order valence-corrected chi connectivity index (χ3v) is 4.59. The van der Waals surface area contributed by atoms with Gasteiger partial charge < -0.3 is 29.2 Å². The Morgan fingerprint density at radius 3 is 1.07 bits per heavy atom. The molecule has 0 heterocycles. The first-order valence-electron chi connectivity index (χ1n) is 8.30. The highest BCUT2D eigenvalue weighted by Gasteiger charge is 2.32. The van der Waals surface area contributed by atoms with Gasteiger partial charge in [0.15, 0.2) is 11.5 Å². The van der Waals surface area contributed by atoms with Crippen LogP contribution in [-0.4, -0.2) is 50.2 Å². The maximum Gasteiger partial charge on any atom is 0.227 e. The molecule has 8 heteroatoms. The Hall–Kier alpha value is -3.16.